The zero-order chi connectivity index (χ0) is 13.8. The second-order valence-corrected chi connectivity index (χ2v) is 5.65. The van der Waals surface area contributed by atoms with Gasteiger partial charge in [-0.2, -0.15) is 0 Å². The van der Waals surface area contributed by atoms with E-state index in [9.17, 15) is 0 Å². The number of halogens is 2. The van der Waals surface area contributed by atoms with E-state index in [1.807, 2.05) is 30.3 Å². The fourth-order valence-electron chi connectivity index (χ4n) is 1.43. The maximum Gasteiger partial charge on any atom is 0.170 e. The SMILES string of the molecule is NC(=NO)c1ccc(Sc2ccc(Cl)cc2)c(Cl)c1. The number of hydrogen-bond acceptors (Lipinski definition) is 3. The van der Waals surface area contributed by atoms with Gasteiger partial charge in [0.15, 0.2) is 5.84 Å². The van der Waals surface area contributed by atoms with Crippen LogP contribution in [0.2, 0.25) is 10.0 Å². The molecule has 0 saturated heterocycles. The van der Waals surface area contributed by atoms with E-state index in [4.69, 9.17) is 34.1 Å². The van der Waals surface area contributed by atoms with Gasteiger partial charge in [0.05, 0.1) is 5.02 Å². The maximum absolute atomic E-state index is 8.61. The topological polar surface area (TPSA) is 58.6 Å². The van der Waals surface area contributed by atoms with Crippen LogP contribution in [-0.4, -0.2) is 11.0 Å². The van der Waals surface area contributed by atoms with Crippen molar-refractivity contribution in [3.05, 3.63) is 58.1 Å². The second kappa shape index (κ2) is 6.19. The van der Waals surface area contributed by atoms with Crippen molar-refractivity contribution in [3.8, 4) is 0 Å². The fourth-order valence-corrected chi connectivity index (χ4v) is 2.67. The Morgan fingerprint density at radius 3 is 2.37 bits per heavy atom. The van der Waals surface area contributed by atoms with E-state index in [2.05, 4.69) is 5.16 Å². The first-order valence-corrected chi connectivity index (χ1v) is 6.88. The van der Waals surface area contributed by atoms with Gasteiger partial charge in [-0.15, -0.1) is 0 Å². The first kappa shape index (κ1) is 14.1. The van der Waals surface area contributed by atoms with Crippen LogP contribution < -0.4 is 5.73 Å². The minimum absolute atomic E-state index is 0.0324. The Labute approximate surface area is 125 Å². The Bertz CT molecular complexity index is 615. The van der Waals surface area contributed by atoms with Crippen LogP contribution in [0.15, 0.2) is 57.4 Å². The number of benzene rings is 2. The third-order valence-electron chi connectivity index (χ3n) is 2.38. The predicted molar refractivity (Wildman–Crippen MR) is 79.5 cm³/mol. The Hall–Kier alpha value is -1.36. The molecule has 3 N–H and O–H groups in total. The second-order valence-electron chi connectivity index (χ2n) is 3.69. The average Bonchev–Trinajstić information content (AvgIpc) is 2.42. The monoisotopic (exact) mass is 312 g/mol. The summed E-state index contributed by atoms with van der Waals surface area (Å²) in [6.45, 7) is 0. The smallest absolute Gasteiger partial charge is 0.170 e. The molecule has 19 heavy (non-hydrogen) atoms. The molecule has 0 aliphatic heterocycles. The third-order valence-corrected chi connectivity index (χ3v) is 4.14. The Morgan fingerprint density at radius 1 is 1.11 bits per heavy atom. The van der Waals surface area contributed by atoms with E-state index < -0.39 is 0 Å². The Balaban J connectivity index is 2.24. The molecule has 0 atom stereocenters. The highest BCUT2D eigenvalue weighted by molar-refractivity contribution is 7.99. The van der Waals surface area contributed by atoms with E-state index >= 15 is 0 Å². The van der Waals surface area contributed by atoms with Gasteiger partial charge < -0.3 is 10.9 Å². The average molecular weight is 313 g/mol. The van der Waals surface area contributed by atoms with Crippen LogP contribution in [0.4, 0.5) is 0 Å². The quantitative estimate of drug-likeness (QED) is 0.386. The van der Waals surface area contributed by atoms with E-state index in [1.54, 1.807) is 12.1 Å². The molecular weight excluding hydrogens is 303 g/mol. The Morgan fingerprint density at radius 2 is 1.79 bits per heavy atom. The van der Waals surface area contributed by atoms with Gasteiger partial charge in [-0.05, 0) is 42.5 Å². The maximum atomic E-state index is 8.61. The summed E-state index contributed by atoms with van der Waals surface area (Å²) in [4.78, 5) is 1.92. The standard InChI is InChI=1S/C13H10Cl2N2OS/c14-9-2-4-10(5-3-9)19-12-6-1-8(7-11(12)15)13(16)17-18/h1-7,18H,(H2,16,17). The van der Waals surface area contributed by atoms with Gasteiger partial charge in [0, 0.05) is 20.4 Å². The third kappa shape index (κ3) is 3.56. The first-order valence-electron chi connectivity index (χ1n) is 5.31. The number of nitrogens with zero attached hydrogens (tertiary/aromatic N) is 1. The normalized spacial score (nSPS) is 11.6. The van der Waals surface area contributed by atoms with Crippen molar-refractivity contribution < 1.29 is 5.21 Å². The fraction of sp³-hybridized carbons (Fsp3) is 0. The van der Waals surface area contributed by atoms with E-state index in [0.29, 0.717) is 15.6 Å². The number of amidine groups is 1. The molecule has 0 amide bonds. The molecule has 0 spiro atoms. The molecule has 0 aliphatic carbocycles. The van der Waals surface area contributed by atoms with Crippen molar-refractivity contribution in [1.29, 1.82) is 0 Å². The van der Waals surface area contributed by atoms with Crippen molar-refractivity contribution in [1.82, 2.24) is 0 Å². The summed E-state index contributed by atoms with van der Waals surface area (Å²) in [6.07, 6.45) is 0. The molecule has 0 aromatic heterocycles. The van der Waals surface area contributed by atoms with Gasteiger partial charge in [-0.1, -0.05) is 40.1 Å². The van der Waals surface area contributed by atoms with Crippen molar-refractivity contribution in [2.24, 2.45) is 10.9 Å². The van der Waals surface area contributed by atoms with Gasteiger partial charge in [-0.25, -0.2) is 0 Å². The highest BCUT2D eigenvalue weighted by Gasteiger charge is 2.06. The van der Waals surface area contributed by atoms with E-state index in [-0.39, 0.29) is 5.84 Å². The summed E-state index contributed by atoms with van der Waals surface area (Å²) in [6, 6.07) is 12.7. The first-order chi connectivity index (χ1) is 9.10. The molecule has 2 rings (SSSR count). The molecule has 2 aromatic rings. The molecule has 0 unspecified atom stereocenters. The lowest BCUT2D eigenvalue weighted by molar-refractivity contribution is 0.318. The largest absolute Gasteiger partial charge is 0.409 e. The lowest BCUT2D eigenvalue weighted by Crippen LogP contribution is -2.12. The molecule has 0 bridgehead atoms. The summed E-state index contributed by atoms with van der Waals surface area (Å²) < 4.78 is 0. The zero-order valence-corrected chi connectivity index (χ0v) is 12.0. The van der Waals surface area contributed by atoms with Crippen molar-refractivity contribution in [3.63, 3.8) is 0 Å². The zero-order valence-electron chi connectivity index (χ0n) is 9.68. The van der Waals surface area contributed by atoms with E-state index in [0.717, 1.165) is 9.79 Å². The van der Waals surface area contributed by atoms with Crippen LogP contribution in [0.3, 0.4) is 0 Å². The van der Waals surface area contributed by atoms with Crippen LogP contribution in [0.5, 0.6) is 0 Å². The summed E-state index contributed by atoms with van der Waals surface area (Å²) in [5, 5.41) is 12.8. The highest BCUT2D eigenvalue weighted by Crippen LogP contribution is 2.34. The molecule has 6 heteroatoms. The van der Waals surface area contributed by atoms with Crippen LogP contribution in [-0.2, 0) is 0 Å². The molecule has 98 valence electrons. The van der Waals surface area contributed by atoms with Crippen molar-refractivity contribution in [2.45, 2.75) is 9.79 Å². The molecule has 0 fully saturated rings. The van der Waals surface area contributed by atoms with Crippen LogP contribution in [0.1, 0.15) is 5.56 Å². The molecule has 0 radical (unpaired) electrons. The summed E-state index contributed by atoms with van der Waals surface area (Å²) >= 11 is 13.5. The van der Waals surface area contributed by atoms with Crippen LogP contribution in [0.25, 0.3) is 0 Å². The molecule has 0 heterocycles. The molecule has 0 aliphatic rings. The lowest BCUT2D eigenvalue weighted by Gasteiger charge is -2.06. The lowest BCUT2D eigenvalue weighted by atomic mass is 10.2. The number of oxime groups is 1. The summed E-state index contributed by atoms with van der Waals surface area (Å²) in [5.41, 5.74) is 6.08. The number of nitrogens with two attached hydrogens (primary N) is 1. The van der Waals surface area contributed by atoms with Gasteiger partial charge in [0.2, 0.25) is 0 Å². The molecule has 2 aromatic carbocycles. The van der Waals surface area contributed by atoms with Gasteiger partial charge in [0.1, 0.15) is 0 Å². The van der Waals surface area contributed by atoms with Gasteiger partial charge in [-0.3, -0.25) is 0 Å². The Kier molecular flexibility index (Phi) is 4.58. The molecule has 3 nitrogen and oxygen atoms in total. The van der Waals surface area contributed by atoms with Crippen molar-refractivity contribution >= 4 is 40.8 Å². The minimum atomic E-state index is 0.0324. The summed E-state index contributed by atoms with van der Waals surface area (Å²) in [7, 11) is 0. The van der Waals surface area contributed by atoms with Crippen molar-refractivity contribution in [2.75, 3.05) is 0 Å². The minimum Gasteiger partial charge on any atom is -0.409 e. The van der Waals surface area contributed by atoms with Crippen LogP contribution >= 0.6 is 35.0 Å². The molecule has 0 saturated carbocycles. The van der Waals surface area contributed by atoms with E-state index in [1.165, 1.54) is 11.8 Å². The predicted octanol–water partition coefficient (Wildman–Crippen LogP) is 4.24. The number of rotatable bonds is 3. The highest BCUT2D eigenvalue weighted by atomic mass is 35.5. The molecular formula is C13H10Cl2N2OS. The van der Waals surface area contributed by atoms with Crippen LogP contribution in [0, 0.1) is 0 Å². The van der Waals surface area contributed by atoms with Gasteiger partial charge >= 0.3 is 0 Å². The van der Waals surface area contributed by atoms with Gasteiger partial charge in [0.25, 0.3) is 0 Å². The number of hydrogen-bond donors (Lipinski definition) is 2. The summed E-state index contributed by atoms with van der Waals surface area (Å²) in [5.74, 6) is 0.0324.